The molecule has 33 heavy (non-hydrogen) atoms. The Morgan fingerprint density at radius 2 is 1.85 bits per heavy atom. The third kappa shape index (κ3) is 7.89. The van der Waals surface area contributed by atoms with Gasteiger partial charge in [-0.3, -0.25) is 14.8 Å². The van der Waals surface area contributed by atoms with Crippen molar-refractivity contribution in [3.63, 3.8) is 0 Å². The van der Waals surface area contributed by atoms with Crippen LogP contribution in [0.4, 0.5) is 18.9 Å². The predicted octanol–water partition coefficient (Wildman–Crippen LogP) is 5.93. The fraction of sp³-hybridized carbons (Fsp3) is 0.440. The second-order valence-corrected chi connectivity index (χ2v) is 7.71. The molecule has 2 aliphatic rings. The number of halogens is 3. The number of amides is 1. The van der Waals surface area contributed by atoms with Gasteiger partial charge in [0.25, 0.3) is 5.91 Å². The van der Waals surface area contributed by atoms with E-state index in [1.807, 2.05) is 13.8 Å². The van der Waals surface area contributed by atoms with E-state index in [9.17, 15) is 18.0 Å². The van der Waals surface area contributed by atoms with Gasteiger partial charge in [-0.25, -0.2) is 5.43 Å². The smallest absolute Gasteiger partial charge is 0.352 e. The monoisotopic (exact) mass is 462 g/mol. The number of carbonyl (C=O) groups is 1. The maximum Gasteiger partial charge on any atom is 0.432 e. The van der Waals surface area contributed by atoms with E-state index < -0.39 is 17.9 Å². The molecular formula is C25H33F3N4O. The topological polar surface area (TPSA) is 56.7 Å². The highest BCUT2D eigenvalue weighted by molar-refractivity contribution is 5.94. The lowest BCUT2D eigenvalue weighted by molar-refractivity contribution is -0.0931. The van der Waals surface area contributed by atoms with Gasteiger partial charge >= 0.3 is 6.18 Å². The van der Waals surface area contributed by atoms with Crippen LogP contribution in [0.5, 0.6) is 0 Å². The van der Waals surface area contributed by atoms with E-state index in [0.29, 0.717) is 23.7 Å². The van der Waals surface area contributed by atoms with Crippen LogP contribution in [0.25, 0.3) is 0 Å². The molecule has 0 bridgehead atoms. The molecule has 0 radical (unpaired) electrons. The van der Waals surface area contributed by atoms with Crippen LogP contribution in [0.3, 0.4) is 0 Å². The third-order valence-corrected chi connectivity index (χ3v) is 5.43. The maximum absolute atomic E-state index is 13.5. The molecule has 0 aromatic heterocycles. The van der Waals surface area contributed by atoms with Gasteiger partial charge < -0.3 is 5.32 Å². The molecule has 8 heteroatoms. The third-order valence-electron chi connectivity index (χ3n) is 5.43. The van der Waals surface area contributed by atoms with Gasteiger partial charge in [-0.1, -0.05) is 45.3 Å². The summed E-state index contributed by atoms with van der Waals surface area (Å²) in [6.07, 6.45) is 8.69. The van der Waals surface area contributed by atoms with Crippen LogP contribution < -0.4 is 15.8 Å². The van der Waals surface area contributed by atoms with Gasteiger partial charge in [0.05, 0.1) is 11.7 Å². The molecule has 1 heterocycles. The summed E-state index contributed by atoms with van der Waals surface area (Å²) in [5, 5.41) is 3.94. The largest absolute Gasteiger partial charge is 0.432 e. The lowest BCUT2D eigenvalue weighted by atomic mass is 9.89. The average molecular weight is 463 g/mol. The molecule has 1 amide bonds. The number of allylic oxidation sites excluding steroid dienone is 3. The van der Waals surface area contributed by atoms with Crippen LogP contribution in [0.15, 0.2) is 65.5 Å². The highest BCUT2D eigenvalue weighted by atomic mass is 19.4. The van der Waals surface area contributed by atoms with Crippen LogP contribution in [-0.2, 0) is 0 Å². The predicted molar refractivity (Wildman–Crippen MR) is 128 cm³/mol. The Labute approximate surface area is 194 Å². The van der Waals surface area contributed by atoms with Crippen LogP contribution in [0, 0.1) is 5.92 Å². The summed E-state index contributed by atoms with van der Waals surface area (Å²) in [5.41, 5.74) is 2.73. The van der Waals surface area contributed by atoms with Crippen molar-refractivity contribution in [3.05, 3.63) is 66.0 Å². The number of aliphatic imine (C=N–C) groups is 1. The number of hydrazine groups is 1. The van der Waals surface area contributed by atoms with E-state index in [1.165, 1.54) is 37.6 Å². The Balaban J connectivity index is 0.00000187. The second-order valence-electron chi connectivity index (χ2n) is 7.71. The van der Waals surface area contributed by atoms with E-state index in [0.717, 1.165) is 23.9 Å². The number of alkyl halides is 3. The molecule has 0 saturated heterocycles. The lowest BCUT2D eigenvalue weighted by Gasteiger charge is -2.25. The van der Waals surface area contributed by atoms with Gasteiger partial charge in [0.2, 0.25) is 0 Å². The van der Waals surface area contributed by atoms with Gasteiger partial charge in [-0.2, -0.15) is 13.2 Å². The maximum atomic E-state index is 13.5. The van der Waals surface area contributed by atoms with Crippen molar-refractivity contribution in [2.75, 3.05) is 11.6 Å². The molecule has 1 unspecified atom stereocenters. The molecule has 1 aromatic rings. The summed E-state index contributed by atoms with van der Waals surface area (Å²) in [6.45, 7) is 7.93. The summed E-state index contributed by atoms with van der Waals surface area (Å²) in [5.74, 6) is 0.300. The van der Waals surface area contributed by atoms with Crippen molar-refractivity contribution in [1.82, 2.24) is 10.7 Å². The average Bonchev–Trinajstić information content (AvgIpc) is 3.27. The molecular weight excluding hydrogens is 429 g/mol. The number of nitrogens with zero attached hydrogens (tertiary/aromatic N) is 2. The lowest BCUT2D eigenvalue weighted by Crippen LogP contribution is -2.39. The Morgan fingerprint density at radius 3 is 2.45 bits per heavy atom. The molecule has 2 N–H and O–H groups in total. The zero-order valence-electron chi connectivity index (χ0n) is 19.2. The van der Waals surface area contributed by atoms with Gasteiger partial charge in [-0.05, 0) is 61.9 Å². The number of nitrogens with one attached hydrogen (secondary N) is 2. The highest BCUT2D eigenvalue weighted by Gasteiger charge is 2.42. The number of rotatable bonds is 7. The van der Waals surface area contributed by atoms with Crippen molar-refractivity contribution in [2.24, 2.45) is 10.9 Å². The van der Waals surface area contributed by atoms with E-state index in [-0.39, 0.29) is 5.91 Å². The van der Waals surface area contributed by atoms with E-state index in [2.05, 4.69) is 22.5 Å². The van der Waals surface area contributed by atoms with Gasteiger partial charge in [-0.15, -0.1) is 0 Å². The summed E-state index contributed by atoms with van der Waals surface area (Å²) in [7, 11) is 0. The number of carbonyl (C=O) groups excluding carboxylic acids is 1. The summed E-state index contributed by atoms with van der Waals surface area (Å²) in [4.78, 5) is 15.9. The fourth-order valence-corrected chi connectivity index (χ4v) is 3.82. The minimum Gasteiger partial charge on any atom is -0.352 e. The highest BCUT2D eigenvalue weighted by Crippen LogP contribution is 2.34. The Bertz CT molecular complexity index is 853. The van der Waals surface area contributed by atoms with Crippen molar-refractivity contribution in [1.29, 1.82) is 0 Å². The first kappa shape index (κ1) is 26.4. The van der Waals surface area contributed by atoms with Crippen molar-refractivity contribution in [3.8, 4) is 0 Å². The molecule has 3 rings (SSSR count). The van der Waals surface area contributed by atoms with E-state index in [1.54, 1.807) is 30.4 Å². The van der Waals surface area contributed by atoms with Gasteiger partial charge in [0.1, 0.15) is 5.70 Å². The first-order valence-corrected chi connectivity index (χ1v) is 11.4. The molecule has 1 aliphatic heterocycles. The molecule has 0 spiro atoms. The molecule has 1 fully saturated rings. The van der Waals surface area contributed by atoms with Crippen molar-refractivity contribution in [2.45, 2.75) is 58.2 Å². The number of benzene rings is 1. The Kier molecular flexibility index (Phi) is 10.4. The van der Waals surface area contributed by atoms with Gasteiger partial charge in [0.15, 0.2) is 0 Å². The molecule has 1 atom stereocenters. The number of hydrogen-bond donors (Lipinski definition) is 2. The summed E-state index contributed by atoms with van der Waals surface area (Å²) < 4.78 is 40.6. The zero-order valence-corrected chi connectivity index (χ0v) is 19.2. The Hall–Kier alpha value is -2.87. The standard InChI is InChI=1S/C23H27F3N4O.C2H6/c1-27-14-6-5-9-19-15-21(23(24,25)26)30(29-19)20-12-10-18(11-13-20)22(31)28-16-17-7-3-2-4-8-17;1-2/h5-6,9-15,17,19,29H,1-4,7-8,16H2,(H,28,31);1-2H3/b9-5+,14-6-;. The van der Waals surface area contributed by atoms with Crippen LogP contribution >= 0.6 is 0 Å². The quantitative estimate of drug-likeness (QED) is 0.390. The fourth-order valence-electron chi connectivity index (χ4n) is 3.82. The minimum atomic E-state index is -4.52. The van der Waals surface area contributed by atoms with Crippen LogP contribution in [0.1, 0.15) is 56.3 Å². The summed E-state index contributed by atoms with van der Waals surface area (Å²) >= 11 is 0. The minimum absolute atomic E-state index is 0.207. The van der Waals surface area contributed by atoms with Crippen molar-refractivity contribution >= 4 is 18.3 Å². The molecule has 1 aliphatic carbocycles. The SMILES string of the molecule is C=N/C=C\C=C\C1C=C(C(F)(F)F)N(c2ccc(C(=O)NCC3CCCCC3)cc2)N1.CC. The van der Waals surface area contributed by atoms with Crippen LogP contribution in [0.2, 0.25) is 0 Å². The zero-order chi connectivity index (χ0) is 24.3. The Morgan fingerprint density at radius 1 is 1.18 bits per heavy atom. The second kappa shape index (κ2) is 13.0. The normalized spacial score (nSPS) is 19.4. The summed E-state index contributed by atoms with van der Waals surface area (Å²) in [6, 6.07) is 5.47. The molecule has 1 saturated carbocycles. The first-order valence-electron chi connectivity index (χ1n) is 11.4. The molecule has 5 nitrogen and oxygen atoms in total. The van der Waals surface area contributed by atoms with E-state index in [4.69, 9.17) is 0 Å². The van der Waals surface area contributed by atoms with Gasteiger partial charge in [0, 0.05) is 18.3 Å². The number of hydrogen-bond acceptors (Lipinski definition) is 4. The molecule has 180 valence electrons. The molecule has 1 aromatic carbocycles. The van der Waals surface area contributed by atoms with E-state index >= 15 is 0 Å². The number of anilines is 1. The van der Waals surface area contributed by atoms with Crippen LogP contribution in [-0.4, -0.2) is 31.4 Å². The van der Waals surface area contributed by atoms with Crippen molar-refractivity contribution < 1.29 is 18.0 Å². The first-order chi connectivity index (χ1) is 15.9.